The molecular weight excluding hydrogens is 1180 g/mol. The van der Waals surface area contributed by atoms with Crippen molar-refractivity contribution in [2.24, 2.45) is 0 Å². The number of aromatic nitrogens is 2. The Morgan fingerprint density at radius 1 is 0.393 bits per heavy atom. The van der Waals surface area contributed by atoms with Crippen molar-refractivity contribution in [3.05, 3.63) is 177 Å². The van der Waals surface area contributed by atoms with Gasteiger partial charge in [0.25, 0.3) is 0 Å². The highest BCUT2D eigenvalue weighted by molar-refractivity contribution is 7.20. The van der Waals surface area contributed by atoms with Gasteiger partial charge in [0.1, 0.15) is 11.8 Å². The minimum absolute atomic E-state index is 0.136. The number of carbonyl (C=O) groups excluding carboxylic acids is 1. The van der Waals surface area contributed by atoms with Crippen LogP contribution in [0.4, 0.5) is 105 Å². The lowest BCUT2D eigenvalue weighted by Gasteiger charge is -2.46. The number of hydrogen-bond donors (Lipinski definition) is 0. The summed E-state index contributed by atoms with van der Waals surface area (Å²) in [6, 6.07) is 0.669. The number of unbranched alkanes of at least 4 members (excludes halogenated alkanes) is 9. The summed E-state index contributed by atoms with van der Waals surface area (Å²) in [5, 5.41) is 0. The van der Waals surface area contributed by atoms with E-state index in [0.717, 1.165) is 17.7 Å². The maximum absolute atomic E-state index is 14.2. The molecule has 28 heteroatoms. The van der Waals surface area contributed by atoms with Crippen LogP contribution in [0.25, 0.3) is 0 Å². The number of halogens is 24. The third kappa shape index (κ3) is 18.1. The molecule has 5 aromatic carbocycles. The van der Waals surface area contributed by atoms with E-state index in [-0.39, 0.29) is 5.78 Å². The van der Waals surface area contributed by atoms with E-state index < -0.39 is 195 Å². The molecular formula is C56H47BF24N2O. The minimum Gasteiger partial charge on any atom is -0.287 e. The number of aryl methyl sites for hydroxylation is 1. The molecule has 0 N–H and O–H groups in total. The first-order chi connectivity index (χ1) is 38.6. The Labute approximate surface area is 463 Å². The Balaban J connectivity index is 0.000000398. The second kappa shape index (κ2) is 26.2. The fourth-order valence-corrected chi connectivity index (χ4v) is 9.46. The Hall–Kier alpha value is -6.77. The van der Waals surface area contributed by atoms with Crippen LogP contribution in [-0.2, 0) is 62.4 Å². The third-order valence-corrected chi connectivity index (χ3v) is 13.5. The van der Waals surface area contributed by atoms with Gasteiger partial charge in [-0.3, -0.25) is 4.79 Å². The van der Waals surface area contributed by atoms with Crippen LogP contribution in [0.15, 0.2) is 122 Å². The van der Waals surface area contributed by atoms with Gasteiger partial charge in [0.05, 0.1) is 50.7 Å². The summed E-state index contributed by atoms with van der Waals surface area (Å²) in [5.74, 6) is 0.136. The Morgan fingerprint density at radius 3 is 0.940 bits per heavy atom. The highest BCUT2D eigenvalue weighted by atomic mass is 19.4. The smallest absolute Gasteiger partial charge is 0.287 e. The molecule has 0 saturated heterocycles. The van der Waals surface area contributed by atoms with Gasteiger partial charge < -0.3 is 0 Å². The lowest BCUT2D eigenvalue weighted by Crippen LogP contribution is -2.75. The quantitative estimate of drug-likeness (QED) is 0.0283. The summed E-state index contributed by atoms with van der Waals surface area (Å²) in [5.41, 5.74) is -28.4. The standard InChI is InChI=1S/C32H12BF24.C24H35N2O/c34-25(35,36)13-1-14(26(37,38)39)6-21(5-13)33(22-7-15(27(40,41)42)2-16(8-22)28(43,44)45,23-9-17(29(46,47)48)3-18(10-23)30(49,50)51)24-11-19(31(52,53)54)4-20(12-24)32(55,56)57;1-2-3-4-5-6-7-8-9-10-14-17-23-20-26(19-18-25-23)21-24(27)22-15-12-11-13-16-22/h1-12H;11-13,15-16,18-20H,2-10,14,17,21H2,1H3/q-1;+1. The van der Waals surface area contributed by atoms with E-state index in [2.05, 4.69) is 11.9 Å². The van der Waals surface area contributed by atoms with Crippen LogP contribution in [0, 0.1) is 0 Å². The zero-order chi connectivity index (χ0) is 63.1. The first-order valence-electron chi connectivity index (χ1n) is 25.3. The largest absolute Gasteiger partial charge is 0.416 e. The van der Waals surface area contributed by atoms with Gasteiger partial charge in [-0.1, -0.05) is 144 Å². The van der Waals surface area contributed by atoms with Crippen molar-refractivity contribution in [1.82, 2.24) is 4.98 Å². The molecule has 0 amide bonds. The van der Waals surface area contributed by atoms with E-state index >= 15 is 0 Å². The van der Waals surface area contributed by atoms with Crippen molar-refractivity contribution in [3.63, 3.8) is 0 Å². The van der Waals surface area contributed by atoms with E-state index in [9.17, 15) is 110 Å². The average Bonchev–Trinajstić information content (AvgIpc) is 0.732. The fraction of sp³-hybridized carbons (Fsp3) is 0.375. The number of alkyl halides is 24. The molecule has 84 heavy (non-hydrogen) atoms. The van der Waals surface area contributed by atoms with Crippen LogP contribution < -0.4 is 26.4 Å². The van der Waals surface area contributed by atoms with Crippen LogP contribution >= 0.6 is 0 Å². The summed E-state index contributed by atoms with van der Waals surface area (Å²) in [6.45, 7) is 2.64. The summed E-state index contributed by atoms with van der Waals surface area (Å²) in [7, 11) is 0. The van der Waals surface area contributed by atoms with Crippen LogP contribution in [0.5, 0.6) is 0 Å². The van der Waals surface area contributed by atoms with Crippen LogP contribution in [-0.4, -0.2) is 16.9 Å². The first kappa shape index (κ1) is 68.0. The maximum atomic E-state index is 14.2. The molecule has 0 aliphatic heterocycles. The lowest BCUT2D eigenvalue weighted by atomic mass is 9.12. The van der Waals surface area contributed by atoms with E-state index in [0.29, 0.717) is 6.54 Å². The van der Waals surface area contributed by atoms with Gasteiger partial charge in [-0.15, -0.1) is 0 Å². The molecule has 6 aromatic rings. The lowest BCUT2D eigenvalue weighted by molar-refractivity contribution is -0.684. The van der Waals surface area contributed by atoms with Crippen molar-refractivity contribution in [3.8, 4) is 0 Å². The Bertz CT molecular complexity index is 2730. The van der Waals surface area contributed by atoms with Crippen LogP contribution in [0.2, 0.25) is 0 Å². The number of carbonyl (C=O) groups is 1. The Kier molecular flexibility index (Phi) is 21.2. The summed E-state index contributed by atoms with van der Waals surface area (Å²) >= 11 is 0. The van der Waals surface area contributed by atoms with Crippen LogP contribution in [0.1, 0.15) is 132 Å². The number of Topliss-reactive ketones (excluding diaryl/α,β-unsaturated/α-hetero) is 1. The first-order valence-corrected chi connectivity index (χ1v) is 25.3. The van der Waals surface area contributed by atoms with Crippen molar-refractivity contribution in [1.29, 1.82) is 0 Å². The Morgan fingerprint density at radius 2 is 0.667 bits per heavy atom. The summed E-state index contributed by atoms with van der Waals surface area (Å²) < 4.78 is 343. The minimum atomic E-state index is -6.13. The molecule has 0 radical (unpaired) electrons. The zero-order valence-electron chi connectivity index (χ0n) is 43.5. The second-order valence-corrected chi connectivity index (χ2v) is 19.7. The van der Waals surface area contributed by atoms with Crippen LogP contribution in [0.3, 0.4) is 0 Å². The normalized spacial score (nSPS) is 13.2. The number of benzene rings is 5. The molecule has 0 aliphatic rings. The SMILES string of the molecule is CCCCCCCCCCCCc1c[n+](CC(=O)c2ccccc2)ccn1.FC(F)(F)c1cc([B-](c2cc(C(F)(F)F)cc(C(F)(F)F)c2)(c2cc(C(F)(F)F)cc(C(F)(F)F)c2)c2cc(C(F)(F)F)cc(C(F)(F)F)c2)cc(C(F)(F)F)c1. The third-order valence-electron chi connectivity index (χ3n) is 13.5. The van der Waals surface area contributed by atoms with Gasteiger partial charge in [0, 0.05) is 5.56 Å². The maximum Gasteiger partial charge on any atom is 0.416 e. The van der Waals surface area contributed by atoms with Gasteiger partial charge >= 0.3 is 49.4 Å². The predicted octanol–water partition coefficient (Wildman–Crippen LogP) is 16.9. The van der Waals surface area contributed by atoms with E-state index in [1.807, 2.05) is 53.5 Å². The molecule has 6 rings (SSSR count). The molecule has 1 aromatic heterocycles. The molecule has 458 valence electrons. The average molecular weight is 1230 g/mol. The highest BCUT2D eigenvalue weighted by Crippen LogP contribution is 2.41. The topological polar surface area (TPSA) is 33.8 Å². The van der Waals surface area contributed by atoms with Crippen molar-refractivity contribution in [2.75, 3.05) is 0 Å². The molecule has 0 aliphatic carbocycles. The van der Waals surface area contributed by atoms with Crippen molar-refractivity contribution in [2.45, 2.75) is 134 Å². The van der Waals surface area contributed by atoms with Gasteiger partial charge in [-0.25, -0.2) is 4.98 Å². The summed E-state index contributed by atoms with van der Waals surface area (Å²) in [4.78, 5) is 16.8. The number of nitrogens with zero attached hydrogens (tertiary/aromatic N) is 2. The monoisotopic (exact) mass is 1230 g/mol. The van der Waals surface area contributed by atoms with Crippen molar-refractivity contribution >= 4 is 33.8 Å². The summed E-state index contributed by atoms with van der Waals surface area (Å²) in [6.07, 6.45) is -34.6. The molecule has 3 nitrogen and oxygen atoms in total. The van der Waals surface area contributed by atoms with Crippen molar-refractivity contribution < 1.29 is 115 Å². The molecule has 0 bridgehead atoms. The zero-order valence-corrected chi connectivity index (χ0v) is 43.5. The molecule has 0 unspecified atom stereocenters. The van der Waals surface area contributed by atoms with E-state index in [1.54, 1.807) is 0 Å². The van der Waals surface area contributed by atoms with Gasteiger partial charge in [0.2, 0.25) is 12.3 Å². The second-order valence-electron chi connectivity index (χ2n) is 19.7. The van der Waals surface area contributed by atoms with Gasteiger partial charge in [0.15, 0.2) is 12.4 Å². The predicted molar refractivity (Wildman–Crippen MR) is 261 cm³/mol. The molecule has 0 saturated carbocycles. The van der Waals surface area contributed by atoms with E-state index in [4.69, 9.17) is 0 Å². The molecule has 0 spiro atoms. The highest BCUT2D eigenvalue weighted by Gasteiger charge is 2.47. The van der Waals surface area contributed by atoms with E-state index in [1.165, 1.54) is 64.2 Å². The number of ketones is 1. The molecule has 0 fully saturated rings. The van der Waals surface area contributed by atoms with Gasteiger partial charge in [-0.2, -0.15) is 132 Å². The molecule has 0 atom stereocenters. The number of rotatable bonds is 18. The fourth-order valence-electron chi connectivity index (χ4n) is 9.46. The van der Waals surface area contributed by atoms with Gasteiger partial charge in [-0.05, 0) is 37.1 Å². The number of hydrogen-bond acceptors (Lipinski definition) is 2. The molecule has 1 heterocycles.